The SMILES string of the molecule is COc1cc(C[NH+](C)CC(=O)NC(=O)NC(C)C)ccc1OCc1ccccc1. The van der Waals surface area contributed by atoms with Gasteiger partial charge in [-0.25, -0.2) is 4.79 Å². The zero-order chi connectivity index (χ0) is 21.2. The standard InChI is InChI=1S/C22H29N3O4/c1-16(2)23-22(27)24-21(26)14-25(3)13-18-10-11-19(20(12-18)28-4)29-15-17-8-6-5-7-9-17/h5-12,16H,13-15H2,1-4H3,(H2,23,24,26,27)/p+1. The normalized spacial score (nSPS) is 11.6. The van der Waals surface area contributed by atoms with Crippen LogP contribution in [-0.4, -0.2) is 38.7 Å². The molecule has 0 radical (unpaired) electrons. The maximum Gasteiger partial charge on any atom is 0.321 e. The third kappa shape index (κ3) is 7.83. The minimum atomic E-state index is -0.473. The monoisotopic (exact) mass is 400 g/mol. The van der Waals surface area contributed by atoms with Gasteiger partial charge in [-0.15, -0.1) is 0 Å². The zero-order valence-electron chi connectivity index (χ0n) is 17.5. The van der Waals surface area contributed by atoms with Crippen LogP contribution < -0.4 is 25.0 Å². The van der Waals surface area contributed by atoms with Gasteiger partial charge < -0.3 is 19.7 Å². The molecule has 0 spiro atoms. The molecule has 2 aromatic rings. The van der Waals surface area contributed by atoms with Crippen LogP contribution in [0.4, 0.5) is 4.79 Å². The summed E-state index contributed by atoms with van der Waals surface area (Å²) in [7, 11) is 3.50. The zero-order valence-corrected chi connectivity index (χ0v) is 17.5. The number of ether oxygens (including phenoxy) is 2. The number of imide groups is 1. The van der Waals surface area contributed by atoms with Crippen molar-refractivity contribution in [3.8, 4) is 11.5 Å². The van der Waals surface area contributed by atoms with E-state index in [2.05, 4.69) is 10.6 Å². The van der Waals surface area contributed by atoms with Crippen molar-refractivity contribution in [2.24, 2.45) is 0 Å². The fourth-order valence-corrected chi connectivity index (χ4v) is 2.83. The molecular formula is C22H30N3O4+. The Morgan fingerprint density at radius 2 is 1.76 bits per heavy atom. The van der Waals surface area contributed by atoms with Crippen LogP contribution in [0.15, 0.2) is 48.5 Å². The minimum absolute atomic E-state index is 0.0250. The second-order valence-electron chi connectivity index (χ2n) is 7.25. The van der Waals surface area contributed by atoms with Gasteiger partial charge in [0.2, 0.25) is 0 Å². The van der Waals surface area contributed by atoms with E-state index in [4.69, 9.17) is 9.47 Å². The maximum absolute atomic E-state index is 12.0. The molecule has 7 heteroatoms. The van der Waals surface area contributed by atoms with Crippen molar-refractivity contribution >= 4 is 11.9 Å². The molecule has 0 aromatic heterocycles. The Balaban J connectivity index is 1.90. The average Bonchev–Trinajstić information content (AvgIpc) is 2.66. The summed E-state index contributed by atoms with van der Waals surface area (Å²) in [6.45, 7) is 4.92. The van der Waals surface area contributed by atoms with Crippen LogP contribution in [0.25, 0.3) is 0 Å². The van der Waals surface area contributed by atoms with Crippen molar-refractivity contribution in [2.75, 3.05) is 20.7 Å². The first-order chi connectivity index (χ1) is 13.9. The number of urea groups is 1. The van der Waals surface area contributed by atoms with Gasteiger partial charge in [0.15, 0.2) is 18.0 Å². The Labute approximate surface area is 172 Å². The van der Waals surface area contributed by atoms with Crippen molar-refractivity contribution in [3.63, 3.8) is 0 Å². The molecule has 3 N–H and O–H groups in total. The number of quaternary nitrogens is 1. The van der Waals surface area contributed by atoms with E-state index >= 15 is 0 Å². The van der Waals surface area contributed by atoms with E-state index in [1.54, 1.807) is 7.11 Å². The Hall–Kier alpha value is -3.06. The van der Waals surface area contributed by atoms with E-state index in [0.29, 0.717) is 24.7 Å². The van der Waals surface area contributed by atoms with Gasteiger partial charge in [-0.3, -0.25) is 10.1 Å². The Morgan fingerprint density at radius 1 is 1.03 bits per heavy atom. The van der Waals surface area contributed by atoms with Crippen molar-refractivity contribution in [1.29, 1.82) is 0 Å². The lowest BCUT2D eigenvalue weighted by Crippen LogP contribution is -3.09. The molecule has 0 saturated heterocycles. The van der Waals surface area contributed by atoms with Crippen molar-refractivity contribution < 1.29 is 24.0 Å². The third-order valence-electron chi connectivity index (χ3n) is 4.11. The largest absolute Gasteiger partial charge is 0.493 e. The van der Waals surface area contributed by atoms with Crippen LogP contribution in [0.1, 0.15) is 25.0 Å². The summed E-state index contributed by atoms with van der Waals surface area (Å²) < 4.78 is 11.3. The van der Waals surface area contributed by atoms with Gasteiger partial charge in [-0.05, 0) is 37.6 Å². The van der Waals surface area contributed by atoms with E-state index in [0.717, 1.165) is 16.0 Å². The van der Waals surface area contributed by atoms with E-state index in [9.17, 15) is 9.59 Å². The van der Waals surface area contributed by atoms with Crippen molar-refractivity contribution in [3.05, 3.63) is 59.7 Å². The number of methoxy groups -OCH3 is 1. The summed E-state index contributed by atoms with van der Waals surface area (Å²) in [5, 5.41) is 4.97. The van der Waals surface area contributed by atoms with Crippen LogP contribution in [0.2, 0.25) is 0 Å². The molecule has 0 fully saturated rings. The number of hydrogen-bond acceptors (Lipinski definition) is 4. The molecule has 2 rings (SSSR count). The molecule has 0 bridgehead atoms. The van der Waals surface area contributed by atoms with E-state index < -0.39 is 6.03 Å². The Morgan fingerprint density at radius 3 is 2.41 bits per heavy atom. The van der Waals surface area contributed by atoms with Crippen LogP contribution in [0.3, 0.4) is 0 Å². The second kappa shape index (κ2) is 11.1. The third-order valence-corrected chi connectivity index (χ3v) is 4.11. The molecule has 0 heterocycles. The first kappa shape index (κ1) is 22.2. The lowest BCUT2D eigenvalue weighted by molar-refractivity contribution is -0.885. The molecule has 0 saturated carbocycles. The van der Waals surface area contributed by atoms with Gasteiger partial charge in [-0.1, -0.05) is 30.3 Å². The first-order valence-corrected chi connectivity index (χ1v) is 9.62. The van der Waals surface area contributed by atoms with Gasteiger partial charge in [0.05, 0.1) is 14.2 Å². The topological polar surface area (TPSA) is 81.1 Å². The van der Waals surface area contributed by atoms with Crippen LogP contribution in [0.5, 0.6) is 11.5 Å². The van der Waals surface area contributed by atoms with Crippen LogP contribution >= 0.6 is 0 Å². The molecule has 29 heavy (non-hydrogen) atoms. The number of likely N-dealkylation sites (N-methyl/N-ethyl adjacent to an activating group) is 1. The van der Waals surface area contributed by atoms with E-state index in [-0.39, 0.29) is 18.5 Å². The predicted octanol–water partition coefficient (Wildman–Crippen LogP) is 1.52. The number of nitrogens with one attached hydrogen (secondary N) is 3. The minimum Gasteiger partial charge on any atom is -0.493 e. The summed E-state index contributed by atoms with van der Waals surface area (Å²) in [5.74, 6) is 0.989. The fourth-order valence-electron chi connectivity index (χ4n) is 2.83. The summed E-state index contributed by atoms with van der Waals surface area (Å²) in [4.78, 5) is 24.5. The quantitative estimate of drug-likeness (QED) is 0.596. The number of carbonyl (C=O) groups is 2. The van der Waals surface area contributed by atoms with Gasteiger partial charge in [0, 0.05) is 11.6 Å². The van der Waals surface area contributed by atoms with Gasteiger partial charge in [-0.2, -0.15) is 0 Å². The molecule has 2 aromatic carbocycles. The highest BCUT2D eigenvalue weighted by Gasteiger charge is 2.15. The fraction of sp³-hybridized carbons (Fsp3) is 0.364. The highest BCUT2D eigenvalue weighted by molar-refractivity contribution is 5.94. The maximum atomic E-state index is 12.0. The molecule has 3 amide bonds. The van der Waals surface area contributed by atoms with E-state index in [1.807, 2.05) is 69.4 Å². The molecule has 7 nitrogen and oxygen atoms in total. The van der Waals surface area contributed by atoms with E-state index in [1.165, 1.54) is 0 Å². The lowest BCUT2D eigenvalue weighted by Gasteiger charge is -2.16. The summed E-state index contributed by atoms with van der Waals surface area (Å²) in [6.07, 6.45) is 0. The number of rotatable bonds is 9. The van der Waals surface area contributed by atoms with Gasteiger partial charge >= 0.3 is 6.03 Å². The smallest absolute Gasteiger partial charge is 0.321 e. The molecule has 0 aliphatic heterocycles. The lowest BCUT2D eigenvalue weighted by atomic mass is 10.2. The molecule has 0 aliphatic carbocycles. The van der Waals surface area contributed by atoms with Crippen molar-refractivity contribution in [1.82, 2.24) is 10.6 Å². The highest BCUT2D eigenvalue weighted by atomic mass is 16.5. The summed E-state index contributed by atoms with van der Waals surface area (Å²) in [6, 6.07) is 15.2. The number of hydrogen-bond donors (Lipinski definition) is 3. The first-order valence-electron chi connectivity index (χ1n) is 9.62. The summed E-state index contributed by atoms with van der Waals surface area (Å²) in [5.41, 5.74) is 2.08. The number of benzene rings is 2. The molecule has 156 valence electrons. The van der Waals surface area contributed by atoms with Gasteiger partial charge in [0.25, 0.3) is 5.91 Å². The number of carbonyl (C=O) groups excluding carboxylic acids is 2. The van der Waals surface area contributed by atoms with Gasteiger partial charge in [0.1, 0.15) is 13.2 Å². The molecular weight excluding hydrogens is 370 g/mol. The molecule has 1 atom stereocenters. The second-order valence-corrected chi connectivity index (χ2v) is 7.25. The molecule has 0 aliphatic rings. The summed E-state index contributed by atoms with van der Waals surface area (Å²) >= 11 is 0. The Kier molecular flexibility index (Phi) is 8.48. The predicted molar refractivity (Wildman–Crippen MR) is 111 cm³/mol. The number of amides is 3. The van der Waals surface area contributed by atoms with Crippen molar-refractivity contribution in [2.45, 2.75) is 33.0 Å². The average molecular weight is 400 g/mol. The highest BCUT2D eigenvalue weighted by Crippen LogP contribution is 2.28. The van der Waals surface area contributed by atoms with Crippen LogP contribution in [-0.2, 0) is 17.9 Å². The molecule has 1 unspecified atom stereocenters. The Bertz CT molecular complexity index is 809. The van der Waals surface area contributed by atoms with Crippen LogP contribution in [0, 0.1) is 0 Å².